The summed E-state index contributed by atoms with van der Waals surface area (Å²) in [5.41, 5.74) is -0.699. The molecule has 0 spiro atoms. The monoisotopic (exact) mass is 347 g/mol. The number of halogens is 1. The summed E-state index contributed by atoms with van der Waals surface area (Å²) in [5, 5.41) is 0. The summed E-state index contributed by atoms with van der Waals surface area (Å²) in [6.45, 7) is 1.47. The average Bonchev–Trinajstić information content (AvgIpc) is 2.78. The number of likely N-dealkylation sites (N-methyl/N-ethyl adjacent to an activating group) is 1. The van der Waals surface area contributed by atoms with Crippen LogP contribution in [0.25, 0.3) is 0 Å². The van der Waals surface area contributed by atoms with Crippen LogP contribution in [0.3, 0.4) is 0 Å². The van der Waals surface area contributed by atoms with Gasteiger partial charge in [0.25, 0.3) is 5.91 Å². The van der Waals surface area contributed by atoms with E-state index >= 15 is 0 Å². The molecule has 2 aliphatic carbocycles. The molecule has 1 heterocycles. The fourth-order valence-corrected chi connectivity index (χ4v) is 4.10. The zero-order chi connectivity index (χ0) is 18.2. The SMILES string of the molecule is CN1C(=O)N(CC(=O)C2=CC=CC(F)[CH]2)C(=O)C1(C)C1CCCCC1. The van der Waals surface area contributed by atoms with E-state index in [0.29, 0.717) is 0 Å². The Hall–Kier alpha value is -1.98. The maximum absolute atomic E-state index is 13.4. The maximum atomic E-state index is 13.4. The Morgan fingerprint density at radius 1 is 1.28 bits per heavy atom. The van der Waals surface area contributed by atoms with Gasteiger partial charge in [0.15, 0.2) is 5.78 Å². The zero-order valence-electron chi connectivity index (χ0n) is 14.7. The molecule has 0 aromatic heterocycles. The summed E-state index contributed by atoms with van der Waals surface area (Å²) in [6, 6.07) is -0.449. The van der Waals surface area contributed by atoms with E-state index in [-0.39, 0.29) is 23.9 Å². The number of allylic oxidation sites excluding steroid dienone is 3. The molecule has 1 radical (unpaired) electrons. The Bertz CT molecular complexity index is 651. The number of alkyl halides is 1. The second-order valence-corrected chi connectivity index (χ2v) is 7.26. The molecule has 3 amide bonds. The predicted molar refractivity (Wildman–Crippen MR) is 91.3 cm³/mol. The quantitative estimate of drug-likeness (QED) is 0.735. The molecule has 2 unspecified atom stereocenters. The van der Waals surface area contributed by atoms with Crippen molar-refractivity contribution < 1.29 is 18.8 Å². The molecule has 2 fully saturated rings. The number of carbonyl (C=O) groups is 3. The number of urea groups is 1. The number of amides is 3. The smallest absolute Gasteiger partial charge is 0.313 e. The lowest BCUT2D eigenvalue weighted by molar-refractivity contribution is -0.137. The van der Waals surface area contributed by atoms with Gasteiger partial charge in [0.2, 0.25) is 0 Å². The number of rotatable bonds is 4. The Morgan fingerprint density at radius 3 is 2.60 bits per heavy atom. The van der Waals surface area contributed by atoms with Gasteiger partial charge in [0.05, 0.1) is 6.54 Å². The minimum atomic E-state index is -1.32. The van der Waals surface area contributed by atoms with Crippen molar-refractivity contribution in [1.29, 1.82) is 0 Å². The van der Waals surface area contributed by atoms with E-state index in [2.05, 4.69) is 0 Å². The maximum Gasteiger partial charge on any atom is 0.327 e. The van der Waals surface area contributed by atoms with Crippen LogP contribution >= 0.6 is 0 Å². The first-order chi connectivity index (χ1) is 11.9. The highest BCUT2D eigenvalue weighted by atomic mass is 19.1. The van der Waals surface area contributed by atoms with Gasteiger partial charge in [-0.05, 0) is 25.7 Å². The van der Waals surface area contributed by atoms with E-state index in [0.717, 1.165) is 37.0 Å². The molecule has 0 bridgehead atoms. The molecule has 0 N–H and O–H groups in total. The first kappa shape index (κ1) is 17.8. The summed E-state index contributed by atoms with van der Waals surface area (Å²) in [4.78, 5) is 40.6. The van der Waals surface area contributed by atoms with Crippen molar-refractivity contribution in [2.45, 2.75) is 50.7 Å². The van der Waals surface area contributed by atoms with Crippen LogP contribution in [0.2, 0.25) is 0 Å². The summed E-state index contributed by atoms with van der Waals surface area (Å²) in [7, 11) is 1.63. The molecular formula is C19H24FN2O3. The van der Waals surface area contributed by atoms with Gasteiger partial charge in [0.1, 0.15) is 11.7 Å². The van der Waals surface area contributed by atoms with Crippen LogP contribution < -0.4 is 0 Å². The van der Waals surface area contributed by atoms with Crippen molar-refractivity contribution in [1.82, 2.24) is 9.80 Å². The van der Waals surface area contributed by atoms with E-state index in [1.54, 1.807) is 14.0 Å². The van der Waals surface area contributed by atoms with E-state index in [9.17, 15) is 18.8 Å². The fourth-order valence-electron chi connectivity index (χ4n) is 4.10. The topological polar surface area (TPSA) is 57.7 Å². The highest BCUT2D eigenvalue weighted by molar-refractivity contribution is 6.11. The van der Waals surface area contributed by atoms with Crippen molar-refractivity contribution in [3.8, 4) is 0 Å². The highest BCUT2D eigenvalue weighted by Crippen LogP contribution is 2.41. The van der Waals surface area contributed by atoms with Crippen molar-refractivity contribution in [3.05, 3.63) is 30.2 Å². The minimum Gasteiger partial charge on any atom is -0.313 e. The van der Waals surface area contributed by atoms with Gasteiger partial charge in [-0.15, -0.1) is 0 Å². The molecule has 135 valence electrons. The molecule has 0 aromatic rings. The largest absolute Gasteiger partial charge is 0.327 e. The normalized spacial score (nSPS) is 30.8. The number of Topliss-reactive ketones (excluding diaryl/α,β-unsaturated/α-hetero) is 1. The van der Waals surface area contributed by atoms with Crippen LogP contribution in [0.5, 0.6) is 0 Å². The number of carbonyl (C=O) groups excluding carboxylic acids is 3. The zero-order valence-corrected chi connectivity index (χ0v) is 14.7. The third kappa shape index (κ3) is 3.02. The van der Waals surface area contributed by atoms with Crippen LogP contribution in [-0.4, -0.2) is 52.8 Å². The second kappa shape index (κ2) is 6.73. The van der Waals surface area contributed by atoms with Gasteiger partial charge in [-0.2, -0.15) is 0 Å². The van der Waals surface area contributed by atoms with Crippen molar-refractivity contribution in [2.75, 3.05) is 13.6 Å². The van der Waals surface area contributed by atoms with Crippen molar-refractivity contribution in [2.24, 2.45) is 5.92 Å². The lowest BCUT2D eigenvalue weighted by atomic mass is 9.75. The molecule has 1 saturated heterocycles. The summed E-state index contributed by atoms with van der Waals surface area (Å²) >= 11 is 0. The summed E-state index contributed by atoms with van der Waals surface area (Å²) < 4.78 is 13.4. The van der Waals surface area contributed by atoms with E-state index < -0.39 is 23.5 Å². The second-order valence-electron chi connectivity index (χ2n) is 7.26. The van der Waals surface area contributed by atoms with Gasteiger partial charge >= 0.3 is 6.03 Å². The van der Waals surface area contributed by atoms with E-state index in [1.807, 2.05) is 0 Å². The Balaban J connectivity index is 1.77. The first-order valence-electron chi connectivity index (χ1n) is 8.86. The van der Waals surface area contributed by atoms with Gasteiger partial charge in [-0.3, -0.25) is 14.5 Å². The molecule has 1 aliphatic heterocycles. The number of nitrogens with zero attached hydrogens (tertiary/aromatic N) is 2. The molecule has 5 nitrogen and oxygen atoms in total. The van der Waals surface area contributed by atoms with E-state index in [1.165, 1.54) is 29.5 Å². The van der Waals surface area contributed by atoms with Gasteiger partial charge in [0, 0.05) is 19.0 Å². The van der Waals surface area contributed by atoms with Crippen LogP contribution in [-0.2, 0) is 9.59 Å². The molecule has 1 saturated carbocycles. The molecular weight excluding hydrogens is 323 g/mol. The number of hydrogen-bond donors (Lipinski definition) is 0. The summed E-state index contributed by atoms with van der Waals surface area (Å²) in [6.07, 6.45) is 9.29. The lowest BCUT2D eigenvalue weighted by Gasteiger charge is -2.38. The highest BCUT2D eigenvalue weighted by Gasteiger charge is 2.56. The molecule has 3 rings (SSSR count). The van der Waals surface area contributed by atoms with Crippen LogP contribution in [0.15, 0.2) is 23.8 Å². The minimum absolute atomic E-state index is 0.112. The number of hydrogen-bond acceptors (Lipinski definition) is 3. The molecule has 0 aromatic carbocycles. The standard InChI is InChI=1S/C19H24FN2O3/c1-19(14-8-4-3-5-9-14)17(24)22(18(25)21(19)2)12-16(23)13-7-6-10-15(20)11-13/h6-7,10-11,14-15H,3-5,8-9,12H2,1-2H3. The van der Waals surface area contributed by atoms with Crippen molar-refractivity contribution >= 4 is 17.7 Å². The third-order valence-corrected chi connectivity index (χ3v) is 5.83. The molecule has 6 heteroatoms. The van der Waals surface area contributed by atoms with Crippen LogP contribution in [0.1, 0.15) is 39.0 Å². The fraction of sp³-hybridized carbons (Fsp3) is 0.579. The lowest BCUT2D eigenvalue weighted by Crippen LogP contribution is -2.52. The Morgan fingerprint density at radius 2 is 1.96 bits per heavy atom. The predicted octanol–water partition coefficient (Wildman–Crippen LogP) is 2.83. The number of imide groups is 1. The average molecular weight is 347 g/mol. The van der Waals surface area contributed by atoms with Crippen molar-refractivity contribution in [3.63, 3.8) is 0 Å². The molecule has 3 aliphatic rings. The Kier molecular flexibility index (Phi) is 4.80. The van der Waals surface area contributed by atoms with Gasteiger partial charge in [-0.1, -0.05) is 37.5 Å². The summed E-state index contributed by atoms with van der Waals surface area (Å²) in [5.74, 6) is -0.625. The van der Waals surface area contributed by atoms with Gasteiger partial charge in [-0.25, -0.2) is 9.18 Å². The molecule has 25 heavy (non-hydrogen) atoms. The third-order valence-electron chi connectivity index (χ3n) is 5.83. The number of ketones is 1. The van der Waals surface area contributed by atoms with Crippen LogP contribution in [0.4, 0.5) is 9.18 Å². The molecule has 2 atom stereocenters. The van der Waals surface area contributed by atoms with Crippen LogP contribution in [0, 0.1) is 12.3 Å². The Labute approximate surface area is 147 Å². The van der Waals surface area contributed by atoms with Gasteiger partial charge < -0.3 is 4.90 Å². The first-order valence-corrected chi connectivity index (χ1v) is 8.86. The van der Waals surface area contributed by atoms with E-state index in [4.69, 9.17) is 0 Å².